The molecule has 14 nitrogen and oxygen atoms in total. The van der Waals surface area contributed by atoms with Crippen molar-refractivity contribution in [3.63, 3.8) is 0 Å². The molecular formula is C21H22N8O6S. The molecule has 0 radical (unpaired) electrons. The first kappa shape index (κ1) is 24.7. The zero-order valence-electron chi connectivity index (χ0n) is 19.2. The molecular weight excluding hydrogens is 492 g/mol. The number of nitrogen functional groups attached to an aromatic ring is 1. The molecule has 5 N–H and O–H groups in total. The summed E-state index contributed by atoms with van der Waals surface area (Å²) in [6.07, 6.45) is 6.03. The van der Waals surface area contributed by atoms with Gasteiger partial charge in [-0.15, -0.1) is 11.3 Å². The van der Waals surface area contributed by atoms with Crippen molar-refractivity contribution in [3.8, 4) is 0 Å². The van der Waals surface area contributed by atoms with E-state index >= 15 is 0 Å². The molecule has 2 unspecified atom stereocenters. The number of β-lactam (4-membered cyclic amide) rings is 1. The number of hydrogen-bond donors (Lipinski definition) is 3. The molecule has 0 aromatic carbocycles. The standard InChI is InChI=1S/C21H20N8O5S.H2O/c1-27-9-23-10-5-6-28(7-14(10)27)13-4-3-12-16(19(31)29(12)17(13)20(32)33)25-18(30)15(26-34-2)11-8-35-21(22)24-11;/h5-9,12,16H,3-4H2,1-2H3,(H3-,22,24,25,30,32,33);1H2. The average Bonchev–Trinajstić information content (AvgIpc) is 3.44. The maximum atomic E-state index is 13.1. The number of nitrogens with one attached hydrogen (secondary N) is 1. The molecule has 2 aliphatic heterocycles. The summed E-state index contributed by atoms with van der Waals surface area (Å²) in [6.45, 7) is 0. The number of anilines is 1. The van der Waals surface area contributed by atoms with Gasteiger partial charge in [0.2, 0.25) is 11.9 Å². The molecule has 5 heterocycles. The van der Waals surface area contributed by atoms with Gasteiger partial charge in [0, 0.05) is 24.9 Å². The molecule has 0 spiro atoms. The van der Waals surface area contributed by atoms with Crippen molar-refractivity contribution >= 4 is 56.7 Å². The van der Waals surface area contributed by atoms with Gasteiger partial charge >= 0.3 is 5.97 Å². The second-order valence-electron chi connectivity index (χ2n) is 8.04. The molecule has 2 atom stereocenters. The number of rotatable bonds is 6. The first-order valence-electron chi connectivity index (χ1n) is 10.6. The van der Waals surface area contributed by atoms with Crippen LogP contribution >= 0.6 is 11.3 Å². The van der Waals surface area contributed by atoms with E-state index in [-0.39, 0.29) is 27.7 Å². The summed E-state index contributed by atoms with van der Waals surface area (Å²) in [4.78, 5) is 52.5. The van der Waals surface area contributed by atoms with Crippen molar-refractivity contribution in [2.24, 2.45) is 12.2 Å². The number of carboxylic acids is 1. The highest BCUT2D eigenvalue weighted by molar-refractivity contribution is 7.13. The Labute approximate surface area is 207 Å². The lowest BCUT2D eigenvalue weighted by Gasteiger charge is -2.48. The summed E-state index contributed by atoms with van der Waals surface area (Å²) in [6, 6.07) is 0.379. The Hall–Kier alpha value is -4.37. The van der Waals surface area contributed by atoms with Gasteiger partial charge < -0.3 is 31.0 Å². The van der Waals surface area contributed by atoms with E-state index in [2.05, 4.69) is 20.4 Å². The van der Waals surface area contributed by atoms with E-state index < -0.39 is 29.9 Å². The predicted octanol–water partition coefficient (Wildman–Crippen LogP) is -0.484. The number of oxime groups is 1. The topological polar surface area (TPSA) is 199 Å². The molecule has 15 heteroatoms. The summed E-state index contributed by atoms with van der Waals surface area (Å²) in [7, 11) is 3.13. The van der Waals surface area contributed by atoms with E-state index in [9.17, 15) is 19.5 Å². The summed E-state index contributed by atoms with van der Waals surface area (Å²) in [5, 5.41) is 18.2. The fourth-order valence-corrected chi connectivity index (χ4v) is 4.98. The van der Waals surface area contributed by atoms with Crippen LogP contribution in [-0.4, -0.2) is 72.7 Å². The van der Waals surface area contributed by atoms with Crippen molar-refractivity contribution in [2.45, 2.75) is 24.9 Å². The van der Waals surface area contributed by atoms with Gasteiger partial charge in [-0.2, -0.15) is 4.57 Å². The number of pyridine rings is 1. The number of hydrogen-bond acceptors (Lipinski definition) is 10. The zero-order chi connectivity index (χ0) is 24.9. The lowest BCUT2D eigenvalue weighted by molar-refractivity contribution is -0.583. The third-order valence-electron chi connectivity index (χ3n) is 6.04. The van der Waals surface area contributed by atoms with Crippen LogP contribution in [0.3, 0.4) is 0 Å². The molecule has 0 bridgehead atoms. The van der Waals surface area contributed by atoms with E-state index in [1.807, 2.05) is 11.6 Å². The number of thiazole rings is 1. The van der Waals surface area contributed by atoms with Gasteiger partial charge in [0.25, 0.3) is 11.8 Å². The second kappa shape index (κ2) is 9.35. The van der Waals surface area contributed by atoms with Crippen LogP contribution in [0.1, 0.15) is 18.5 Å². The number of aliphatic carboxylic acids is 1. The number of carboxylic acid groups (broad SMARTS) is 1. The fourth-order valence-electron chi connectivity index (χ4n) is 4.43. The molecule has 0 saturated carbocycles. The highest BCUT2D eigenvalue weighted by atomic mass is 32.1. The number of allylic oxidation sites excluding steroid dienone is 1. The van der Waals surface area contributed by atoms with Crippen LogP contribution in [-0.2, 0) is 26.3 Å². The van der Waals surface area contributed by atoms with Crippen LogP contribution in [0.4, 0.5) is 5.13 Å². The number of carbonyl (C=O) groups is 3. The maximum absolute atomic E-state index is 13.1. The van der Waals surface area contributed by atoms with E-state index in [4.69, 9.17) is 10.6 Å². The molecule has 1 saturated heterocycles. The van der Waals surface area contributed by atoms with E-state index in [0.29, 0.717) is 18.5 Å². The maximum Gasteiger partial charge on any atom is 0.359 e. The molecule has 0 aliphatic carbocycles. The summed E-state index contributed by atoms with van der Waals surface area (Å²) >= 11 is 1.13. The van der Waals surface area contributed by atoms with E-state index in [0.717, 1.165) is 22.4 Å². The van der Waals surface area contributed by atoms with Gasteiger partial charge in [-0.25, -0.2) is 14.8 Å². The Balaban J connectivity index is 0.00000304. The van der Waals surface area contributed by atoms with Crippen LogP contribution in [0, 0.1) is 0 Å². The van der Waals surface area contributed by atoms with Crippen molar-refractivity contribution < 1.29 is 34.4 Å². The largest absolute Gasteiger partial charge is 0.870 e. The SMILES string of the molecule is CON=C(C(=O)NC1C(=O)N2C(C(=O)O)=C([n+]3ccc4ncn(C)c4c3)CCC12)c1csc(N)n1.[OH-]. The Morgan fingerprint density at radius 1 is 1.42 bits per heavy atom. The summed E-state index contributed by atoms with van der Waals surface area (Å²) in [5.74, 6) is -2.41. The highest BCUT2D eigenvalue weighted by Gasteiger charge is 2.55. The Kier molecular flexibility index (Phi) is 6.43. The second-order valence-corrected chi connectivity index (χ2v) is 8.93. The van der Waals surface area contributed by atoms with Crippen LogP contribution in [0.15, 0.2) is 41.0 Å². The third kappa shape index (κ3) is 3.93. The summed E-state index contributed by atoms with van der Waals surface area (Å²) < 4.78 is 3.53. The van der Waals surface area contributed by atoms with Crippen LogP contribution in [0.25, 0.3) is 16.7 Å². The Morgan fingerprint density at radius 3 is 2.86 bits per heavy atom. The molecule has 3 aromatic heterocycles. The van der Waals surface area contributed by atoms with Gasteiger partial charge in [-0.1, -0.05) is 5.16 Å². The van der Waals surface area contributed by atoms with Gasteiger partial charge in [-0.05, 0) is 6.42 Å². The predicted molar refractivity (Wildman–Crippen MR) is 126 cm³/mol. The van der Waals surface area contributed by atoms with Crippen LogP contribution in [0.5, 0.6) is 0 Å². The number of aromatic nitrogens is 4. The van der Waals surface area contributed by atoms with Gasteiger partial charge in [0.05, 0.1) is 12.4 Å². The van der Waals surface area contributed by atoms with Crippen molar-refractivity contribution in [1.29, 1.82) is 0 Å². The number of nitrogens with two attached hydrogens (primary N) is 1. The lowest BCUT2D eigenvalue weighted by atomic mass is 9.85. The quantitative estimate of drug-likeness (QED) is 0.168. The number of fused-ring (bicyclic) bond motifs is 2. The molecule has 2 aliphatic rings. The van der Waals surface area contributed by atoms with Gasteiger partial charge in [-0.3, -0.25) is 14.5 Å². The number of carbonyl (C=O) groups excluding carboxylic acids is 2. The first-order valence-corrected chi connectivity index (χ1v) is 11.4. The van der Waals surface area contributed by atoms with Crippen molar-refractivity contribution in [2.75, 3.05) is 12.8 Å². The zero-order valence-corrected chi connectivity index (χ0v) is 20.0. The highest BCUT2D eigenvalue weighted by Crippen LogP contribution is 2.37. The number of amides is 2. The molecule has 1 fully saturated rings. The monoisotopic (exact) mass is 514 g/mol. The minimum atomic E-state index is -1.22. The summed E-state index contributed by atoms with van der Waals surface area (Å²) in [5.41, 5.74) is 7.70. The number of imidazole rings is 1. The van der Waals surface area contributed by atoms with Gasteiger partial charge in [0.1, 0.15) is 29.9 Å². The van der Waals surface area contributed by atoms with Crippen LogP contribution < -0.4 is 15.6 Å². The Morgan fingerprint density at radius 2 is 2.19 bits per heavy atom. The Bertz CT molecular complexity index is 1440. The normalized spacial score (nSPS) is 19.4. The smallest absolute Gasteiger partial charge is 0.359 e. The van der Waals surface area contributed by atoms with Crippen molar-refractivity contribution in [1.82, 2.24) is 24.8 Å². The first-order chi connectivity index (χ1) is 16.8. The number of nitrogens with zero attached hydrogens (tertiary/aromatic N) is 6. The van der Waals surface area contributed by atoms with Crippen molar-refractivity contribution in [3.05, 3.63) is 41.6 Å². The van der Waals surface area contributed by atoms with Gasteiger partial charge in [0.15, 0.2) is 22.7 Å². The minimum absolute atomic E-state index is 0. The third-order valence-corrected chi connectivity index (χ3v) is 6.71. The van der Waals surface area contributed by atoms with E-state index in [1.165, 1.54) is 12.0 Å². The molecule has 188 valence electrons. The fraction of sp³-hybridized carbons (Fsp3) is 0.286. The lowest BCUT2D eigenvalue weighted by Crippen LogP contribution is -2.72. The minimum Gasteiger partial charge on any atom is -0.870 e. The molecule has 5 rings (SSSR count). The average molecular weight is 515 g/mol. The van der Waals surface area contributed by atoms with E-state index in [1.54, 1.807) is 34.7 Å². The molecule has 36 heavy (non-hydrogen) atoms. The number of aryl methyl sites for hydroxylation is 1. The molecule has 3 aromatic rings. The van der Waals surface area contributed by atoms with Crippen LogP contribution in [0.2, 0.25) is 0 Å². The molecule has 2 amide bonds.